The summed E-state index contributed by atoms with van der Waals surface area (Å²) in [7, 11) is 0. The van der Waals surface area contributed by atoms with E-state index >= 15 is 0 Å². The monoisotopic (exact) mass is 376 g/mol. The number of ether oxygens (including phenoxy) is 2. The number of ketones is 1. The molecule has 2 bridgehead atoms. The predicted molar refractivity (Wildman–Crippen MR) is 73.1 cm³/mol. The van der Waals surface area contributed by atoms with Crippen molar-refractivity contribution in [2.75, 3.05) is 0 Å². The number of hydrogen-bond donors (Lipinski definition) is 0. The van der Waals surface area contributed by atoms with Crippen molar-refractivity contribution in [1.82, 2.24) is 0 Å². The standard InChI is InChI=1S/C15H12BrF3O3/c16-8-4-9(17)11(10(5-8)21-14(18)19)13-15(22-13)7-2-1-6(3-7)12(15)20/h4-7,13-14H,1-3H2. The van der Waals surface area contributed by atoms with Gasteiger partial charge in [0, 0.05) is 10.4 Å². The van der Waals surface area contributed by atoms with Crippen molar-refractivity contribution < 1.29 is 27.4 Å². The molecule has 3 nitrogen and oxygen atoms in total. The number of hydrogen-bond acceptors (Lipinski definition) is 3. The molecule has 2 saturated carbocycles. The molecule has 4 unspecified atom stereocenters. The van der Waals surface area contributed by atoms with E-state index in [4.69, 9.17) is 4.74 Å². The normalized spacial score (nSPS) is 35.7. The Bertz CT molecular complexity index is 666. The fourth-order valence-electron chi connectivity index (χ4n) is 4.07. The third-order valence-corrected chi connectivity index (χ3v) is 5.43. The first-order chi connectivity index (χ1) is 10.4. The molecule has 1 heterocycles. The van der Waals surface area contributed by atoms with Crippen LogP contribution < -0.4 is 4.74 Å². The summed E-state index contributed by atoms with van der Waals surface area (Å²) in [5.41, 5.74) is -1.10. The summed E-state index contributed by atoms with van der Waals surface area (Å²) in [6.07, 6.45) is 1.62. The highest BCUT2D eigenvalue weighted by Gasteiger charge is 2.74. The van der Waals surface area contributed by atoms with Crippen LogP contribution in [0.25, 0.3) is 0 Å². The van der Waals surface area contributed by atoms with Crippen molar-refractivity contribution in [2.24, 2.45) is 11.8 Å². The van der Waals surface area contributed by atoms with E-state index in [-0.39, 0.29) is 28.9 Å². The average Bonchev–Trinajstić information content (AvgIpc) is 2.84. The van der Waals surface area contributed by atoms with Gasteiger partial charge in [0.05, 0.1) is 5.56 Å². The molecule has 4 rings (SSSR count). The van der Waals surface area contributed by atoms with Gasteiger partial charge in [0.1, 0.15) is 17.7 Å². The Kier molecular flexibility index (Phi) is 3.10. The maximum absolute atomic E-state index is 14.3. The van der Waals surface area contributed by atoms with E-state index in [0.717, 1.165) is 19.3 Å². The molecule has 3 aliphatic rings. The molecule has 1 aliphatic heterocycles. The van der Waals surface area contributed by atoms with Crippen LogP contribution in [-0.2, 0) is 9.53 Å². The molecule has 1 aromatic rings. The van der Waals surface area contributed by atoms with E-state index in [2.05, 4.69) is 20.7 Å². The molecular weight excluding hydrogens is 365 g/mol. The molecule has 0 radical (unpaired) electrons. The number of benzene rings is 1. The Balaban J connectivity index is 1.74. The van der Waals surface area contributed by atoms with Crippen LogP contribution >= 0.6 is 15.9 Å². The lowest BCUT2D eigenvalue weighted by molar-refractivity contribution is -0.127. The Morgan fingerprint density at radius 2 is 2.14 bits per heavy atom. The number of carbonyl (C=O) groups is 1. The molecule has 1 spiro atoms. The van der Waals surface area contributed by atoms with E-state index in [0.29, 0.717) is 4.47 Å². The van der Waals surface area contributed by atoms with Gasteiger partial charge in [-0.05, 0) is 37.3 Å². The van der Waals surface area contributed by atoms with Crippen LogP contribution in [-0.4, -0.2) is 18.0 Å². The smallest absolute Gasteiger partial charge is 0.387 e. The molecule has 2 aliphatic carbocycles. The highest BCUT2D eigenvalue weighted by molar-refractivity contribution is 9.10. The average molecular weight is 377 g/mol. The first-order valence-corrected chi connectivity index (χ1v) is 7.88. The fourth-order valence-corrected chi connectivity index (χ4v) is 4.48. The summed E-state index contributed by atoms with van der Waals surface area (Å²) in [6, 6.07) is 2.44. The second-order valence-electron chi connectivity index (χ2n) is 6.04. The zero-order chi connectivity index (χ0) is 15.6. The number of carbonyl (C=O) groups excluding carboxylic acids is 1. The molecule has 118 valence electrons. The highest BCUT2D eigenvalue weighted by Crippen LogP contribution is 2.67. The zero-order valence-electron chi connectivity index (χ0n) is 11.3. The Morgan fingerprint density at radius 3 is 2.77 bits per heavy atom. The van der Waals surface area contributed by atoms with Crippen LogP contribution in [0.2, 0.25) is 0 Å². The zero-order valence-corrected chi connectivity index (χ0v) is 12.9. The van der Waals surface area contributed by atoms with Crippen LogP contribution in [0, 0.1) is 17.7 Å². The largest absolute Gasteiger partial charge is 0.434 e. The minimum absolute atomic E-state index is 0.0148. The lowest BCUT2D eigenvalue weighted by atomic mass is 9.82. The topological polar surface area (TPSA) is 38.8 Å². The summed E-state index contributed by atoms with van der Waals surface area (Å²) in [6.45, 7) is -3.07. The van der Waals surface area contributed by atoms with Crippen molar-refractivity contribution in [1.29, 1.82) is 0 Å². The fraction of sp³-hybridized carbons (Fsp3) is 0.533. The van der Waals surface area contributed by atoms with Gasteiger partial charge in [-0.25, -0.2) is 4.39 Å². The van der Waals surface area contributed by atoms with Gasteiger partial charge in [-0.1, -0.05) is 15.9 Å². The van der Waals surface area contributed by atoms with Crippen molar-refractivity contribution >= 4 is 21.7 Å². The van der Waals surface area contributed by atoms with E-state index in [9.17, 15) is 18.0 Å². The molecule has 7 heteroatoms. The Labute approximate surface area is 132 Å². The minimum Gasteiger partial charge on any atom is -0.434 e. The molecule has 3 fully saturated rings. The quantitative estimate of drug-likeness (QED) is 0.748. The molecule has 1 saturated heterocycles. The third kappa shape index (κ3) is 1.88. The van der Waals surface area contributed by atoms with Crippen LogP contribution in [0.15, 0.2) is 16.6 Å². The maximum Gasteiger partial charge on any atom is 0.387 e. The van der Waals surface area contributed by atoms with Crippen molar-refractivity contribution in [3.8, 4) is 5.75 Å². The molecule has 0 aromatic heterocycles. The van der Waals surface area contributed by atoms with Crippen molar-refractivity contribution in [3.05, 3.63) is 28.0 Å². The number of fused-ring (bicyclic) bond motifs is 3. The van der Waals surface area contributed by atoms with E-state index in [1.807, 2.05) is 0 Å². The maximum atomic E-state index is 14.3. The van der Waals surface area contributed by atoms with E-state index in [1.54, 1.807) is 0 Å². The van der Waals surface area contributed by atoms with E-state index in [1.165, 1.54) is 12.1 Å². The first kappa shape index (κ1) is 14.5. The molecule has 4 atom stereocenters. The van der Waals surface area contributed by atoms with Crippen molar-refractivity contribution in [3.63, 3.8) is 0 Å². The second-order valence-corrected chi connectivity index (χ2v) is 6.96. The van der Waals surface area contributed by atoms with Gasteiger partial charge in [0.15, 0.2) is 11.4 Å². The third-order valence-electron chi connectivity index (χ3n) is 4.97. The first-order valence-electron chi connectivity index (χ1n) is 7.09. The molecule has 1 aromatic carbocycles. The molecular formula is C15H12BrF3O3. The van der Waals surface area contributed by atoms with E-state index < -0.39 is 24.1 Å². The van der Waals surface area contributed by atoms with Crippen LogP contribution in [0.3, 0.4) is 0 Å². The van der Waals surface area contributed by atoms with Crippen LogP contribution in [0.4, 0.5) is 13.2 Å². The lowest BCUT2D eigenvalue weighted by Gasteiger charge is -2.18. The predicted octanol–water partition coefficient (Wildman–Crippen LogP) is 4.00. The van der Waals surface area contributed by atoms with Gasteiger partial charge in [-0.15, -0.1) is 0 Å². The summed E-state index contributed by atoms with van der Waals surface area (Å²) in [5, 5.41) is 0. The number of rotatable bonds is 3. The molecule has 22 heavy (non-hydrogen) atoms. The van der Waals surface area contributed by atoms with Crippen LogP contribution in [0.5, 0.6) is 5.75 Å². The van der Waals surface area contributed by atoms with Gasteiger partial charge in [0.2, 0.25) is 0 Å². The van der Waals surface area contributed by atoms with Crippen molar-refractivity contribution in [2.45, 2.75) is 37.6 Å². The SMILES string of the molecule is O=C1C2CCC(C2)C12OC2c1c(F)cc(Br)cc1OC(F)F. The number of epoxide rings is 1. The van der Waals surface area contributed by atoms with Gasteiger partial charge < -0.3 is 9.47 Å². The lowest BCUT2D eigenvalue weighted by Crippen LogP contribution is -2.32. The van der Waals surface area contributed by atoms with Gasteiger partial charge >= 0.3 is 6.61 Å². The molecule has 0 N–H and O–H groups in total. The summed E-state index contributed by atoms with van der Waals surface area (Å²) < 4.78 is 49.8. The van der Waals surface area contributed by atoms with Crippen LogP contribution in [0.1, 0.15) is 30.9 Å². The summed E-state index contributed by atoms with van der Waals surface area (Å²) in [5.74, 6) is -0.980. The summed E-state index contributed by atoms with van der Waals surface area (Å²) >= 11 is 3.05. The number of halogens is 4. The second kappa shape index (κ2) is 4.71. The molecule has 0 amide bonds. The van der Waals surface area contributed by atoms with Gasteiger partial charge in [-0.3, -0.25) is 4.79 Å². The van der Waals surface area contributed by atoms with Gasteiger partial charge in [0.25, 0.3) is 0 Å². The number of Topliss-reactive ketones (excluding diaryl/α,β-unsaturated/α-hetero) is 1. The minimum atomic E-state index is -3.07. The van der Waals surface area contributed by atoms with Gasteiger partial charge in [-0.2, -0.15) is 8.78 Å². The Morgan fingerprint density at radius 1 is 1.36 bits per heavy atom. The highest BCUT2D eigenvalue weighted by atomic mass is 79.9. The number of alkyl halides is 2. The summed E-state index contributed by atoms with van der Waals surface area (Å²) in [4.78, 5) is 12.4. The Hall–Kier alpha value is -1.08.